The van der Waals surface area contributed by atoms with Gasteiger partial charge >= 0.3 is 0 Å². The van der Waals surface area contributed by atoms with Crippen molar-refractivity contribution in [2.24, 2.45) is 0 Å². The molecule has 0 aromatic heterocycles. The molecule has 24 heavy (non-hydrogen) atoms. The molecule has 0 aliphatic rings. The monoisotopic (exact) mass is 345 g/mol. The number of hydrogen-bond donors (Lipinski definition) is 1. The minimum atomic E-state index is -0.539. The summed E-state index contributed by atoms with van der Waals surface area (Å²) in [6.07, 6.45) is 0.869. The highest BCUT2D eigenvalue weighted by Gasteiger charge is 2.22. The molecule has 2 aromatic rings. The fourth-order valence-corrected chi connectivity index (χ4v) is 2.69. The van der Waals surface area contributed by atoms with E-state index in [1.165, 1.54) is 5.56 Å². The van der Waals surface area contributed by atoms with Gasteiger partial charge in [0.15, 0.2) is 6.10 Å². The van der Waals surface area contributed by atoms with E-state index in [1.807, 2.05) is 13.0 Å². The van der Waals surface area contributed by atoms with Gasteiger partial charge in [0.1, 0.15) is 5.75 Å². The molecule has 1 amide bonds. The lowest BCUT2D eigenvalue weighted by Gasteiger charge is -2.22. The van der Waals surface area contributed by atoms with Gasteiger partial charge < -0.3 is 10.1 Å². The normalized spacial score (nSPS) is 13.2. The fraction of sp³-hybridized carbons (Fsp3) is 0.350. The Bertz CT molecular complexity index is 670. The Hall–Kier alpha value is -2.00. The van der Waals surface area contributed by atoms with Crippen molar-refractivity contribution in [1.82, 2.24) is 5.32 Å². The highest BCUT2D eigenvalue weighted by Crippen LogP contribution is 2.21. The zero-order chi connectivity index (χ0) is 17.5. The number of carbonyl (C=O) groups is 1. The van der Waals surface area contributed by atoms with Gasteiger partial charge in [-0.05, 0) is 43.5 Å². The highest BCUT2D eigenvalue weighted by atomic mass is 35.5. The van der Waals surface area contributed by atoms with E-state index in [9.17, 15) is 4.79 Å². The SMILES string of the molecule is CC[C@H](Oc1cccc(Cl)c1)C(=O)N[C@@H](CC)c1ccc(C)cc1. The first-order valence-electron chi connectivity index (χ1n) is 8.32. The summed E-state index contributed by atoms with van der Waals surface area (Å²) in [4.78, 5) is 12.6. The van der Waals surface area contributed by atoms with Gasteiger partial charge in [0.2, 0.25) is 0 Å². The second kappa shape index (κ2) is 8.74. The van der Waals surface area contributed by atoms with E-state index >= 15 is 0 Å². The Kier molecular flexibility index (Phi) is 6.68. The molecule has 4 heteroatoms. The van der Waals surface area contributed by atoms with Crippen LogP contribution in [0.4, 0.5) is 0 Å². The molecule has 128 valence electrons. The Morgan fingerprint density at radius 3 is 2.42 bits per heavy atom. The van der Waals surface area contributed by atoms with Crippen LogP contribution in [0.2, 0.25) is 5.02 Å². The smallest absolute Gasteiger partial charge is 0.261 e. The molecule has 1 N–H and O–H groups in total. The van der Waals surface area contributed by atoms with Gasteiger partial charge in [-0.1, -0.05) is 61.3 Å². The predicted octanol–water partition coefficient (Wildman–Crippen LogP) is 5.07. The Morgan fingerprint density at radius 2 is 1.83 bits per heavy atom. The van der Waals surface area contributed by atoms with Crippen molar-refractivity contribution in [2.45, 2.75) is 45.8 Å². The quantitative estimate of drug-likeness (QED) is 0.760. The van der Waals surface area contributed by atoms with Crippen LogP contribution in [0, 0.1) is 6.92 Å². The summed E-state index contributed by atoms with van der Waals surface area (Å²) in [5, 5.41) is 3.68. The average Bonchev–Trinajstić information content (AvgIpc) is 2.58. The van der Waals surface area contributed by atoms with Crippen LogP contribution in [-0.2, 0) is 4.79 Å². The third kappa shape index (κ3) is 5.00. The summed E-state index contributed by atoms with van der Waals surface area (Å²) in [5.41, 5.74) is 2.31. The number of hydrogen-bond acceptors (Lipinski definition) is 2. The standard InChI is InChI=1S/C20H24ClNO2/c1-4-18(15-11-9-14(3)10-12-15)22-20(23)19(5-2)24-17-8-6-7-16(21)13-17/h6-13,18-19H,4-5H2,1-3H3,(H,22,23)/t18-,19-/m0/s1. The second-order valence-corrected chi connectivity index (χ2v) is 6.29. The maximum absolute atomic E-state index is 12.6. The molecular weight excluding hydrogens is 322 g/mol. The van der Waals surface area contributed by atoms with Crippen molar-refractivity contribution in [3.8, 4) is 5.75 Å². The molecule has 0 aliphatic heterocycles. The van der Waals surface area contributed by atoms with Gasteiger partial charge in [0.05, 0.1) is 6.04 Å². The van der Waals surface area contributed by atoms with Gasteiger partial charge in [0.25, 0.3) is 5.91 Å². The van der Waals surface area contributed by atoms with E-state index < -0.39 is 6.10 Å². The van der Waals surface area contributed by atoms with Gasteiger partial charge in [-0.3, -0.25) is 4.79 Å². The second-order valence-electron chi connectivity index (χ2n) is 5.85. The summed E-state index contributed by atoms with van der Waals surface area (Å²) in [6.45, 7) is 6.04. The molecule has 0 saturated carbocycles. The summed E-state index contributed by atoms with van der Waals surface area (Å²) >= 11 is 5.97. The number of benzene rings is 2. The molecule has 0 spiro atoms. The molecule has 0 unspecified atom stereocenters. The third-order valence-corrected chi connectivity index (χ3v) is 4.18. The first-order valence-corrected chi connectivity index (χ1v) is 8.70. The summed E-state index contributed by atoms with van der Waals surface area (Å²) < 4.78 is 5.81. The zero-order valence-corrected chi connectivity index (χ0v) is 15.1. The van der Waals surface area contributed by atoms with E-state index in [0.29, 0.717) is 17.2 Å². The molecule has 0 saturated heterocycles. The average molecular weight is 346 g/mol. The third-order valence-electron chi connectivity index (χ3n) is 3.94. The number of aryl methyl sites for hydroxylation is 1. The Balaban J connectivity index is 2.05. The number of halogens is 1. The number of ether oxygens (including phenoxy) is 1. The van der Waals surface area contributed by atoms with Crippen LogP contribution in [0.15, 0.2) is 48.5 Å². The topological polar surface area (TPSA) is 38.3 Å². The molecular formula is C20H24ClNO2. The van der Waals surface area contributed by atoms with Crippen molar-refractivity contribution in [2.75, 3.05) is 0 Å². The van der Waals surface area contributed by atoms with E-state index in [4.69, 9.17) is 16.3 Å². The predicted molar refractivity (Wildman–Crippen MR) is 98.5 cm³/mol. The van der Waals surface area contributed by atoms with E-state index in [0.717, 1.165) is 12.0 Å². The molecule has 2 rings (SSSR count). The first-order chi connectivity index (χ1) is 11.5. The van der Waals surface area contributed by atoms with Crippen LogP contribution in [0.3, 0.4) is 0 Å². The van der Waals surface area contributed by atoms with Crippen LogP contribution in [0.5, 0.6) is 5.75 Å². The molecule has 0 aliphatic carbocycles. The molecule has 0 heterocycles. The van der Waals surface area contributed by atoms with E-state index in [-0.39, 0.29) is 11.9 Å². The lowest BCUT2D eigenvalue weighted by molar-refractivity contribution is -0.128. The van der Waals surface area contributed by atoms with Crippen molar-refractivity contribution >= 4 is 17.5 Å². The van der Waals surface area contributed by atoms with Crippen LogP contribution < -0.4 is 10.1 Å². The summed E-state index contributed by atoms with van der Waals surface area (Å²) in [7, 11) is 0. The molecule has 3 nitrogen and oxygen atoms in total. The minimum absolute atomic E-state index is 0.0184. The number of carbonyl (C=O) groups excluding carboxylic acids is 1. The Labute approximate surface area is 149 Å². The van der Waals surface area contributed by atoms with Crippen molar-refractivity contribution in [1.29, 1.82) is 0 Å². The highest BCUT2D eigenvalue weighted by molar-refractivity contribution is 6.30. The number of rotatable bonds is 7. The van der Waals surface area contributed by atoms with E-state index in [1.54, 1.807) is 18.2 Å². The lowest BCUT2D eigenvalue weighted by Crippen LogP contribution is -2.39. The van der Waals surface area contributed by atoms with Gasteiger partial charge in [-0.15, -0.1) is 0 Å². The number of nitrogens with one attached hydrogen (secondary N) is 1. The fourth-order valence-electron chi connectivity index (χ4n) is 2.51. The van der Waals surface area contributed by atoms with Gasteiger partial charge in [-0.2, -0.15) is 0 Å². The lowest BCUT2D eigenvalue weighted by atomic mass is 10.0. The molecule has 2 atom stereocenters. The van der Waals surface area contributed by atoms with Crippen molar-refractivity contribution in [3.63, 3.8) is 0 Å². The molecule has 0 fully saturated rings. The largest absolute Gasteiger partial charge is 0.481 e. The maximum Gasteiger partial charge on any atom is 0.261 e. The number of amides is 1. The van der Waals surface area contributed by atoms with Gasteiger partial charge in [0, 0.05) is 5.02 Å². The van der Waals surface area contributed by atoms with Gasteiger partial charge in [-0.25, -0.2) is 0 Å². The summed E-state index contributed by atoms with van der Waals surface area (Å²) in [6, 6.07) is 15.3. The molecule has 0 radical (unpaired) electrons. The van der Waals surface area contributed by atoms with Crippen molar-refractivity contribution < 1.29 is 9.53 Å². The van der Waals surface area contributed by atoms with Crippen molar-refractivity contribution in [3.05, 3.63) is 64.7 Å². The molecule has 2 aromatic carbocycles. The summed E-state index contributed by atoms with van der Waals surface area (Å²) in [5.74, 6) is 0.498. The van der Waals surface area contributed by atoms with E-state index in [2.05, 4.69) is 43.4 Å². The van der Waals surface area contributed by atoms with Crippen LogP contribution in [-0.4, -0.2) is 12.0 Å². The molecule has 0 bridgehead atoms. The Morgan fingerprint density at radius 1 is 1.12 bits per heavy atom. The maximum atomic E-state index is 12.6. The first kappa shape index (κ1) is 18.3. The van der Waals surface area contributed by atoms with Crippen LogP contribution >= 0.6 is 11.6 Å². The van der Waals surface area contributed by atoms with Crippen LogP contribution in [0.1, 0.15) is 43.9 Å². The van der Waals surface area contributed by atoms with Crippen LogP contribution in [0.25, 0.3) is 0 Å². The zero-order valence-electron chi connectivity index (χ0n) is 14.4. The minimum Gasteiger partial charge on any atom is -0.481 e.